The molecule has 0 radical (unpaired) electrons. The van der Waals surface area contributed by atoms with E-state index in [-0.39, 0.29) is 24.4 Å². The Labute approximate surface area is 128 Å². The zero-order valence-corrected chi connectivity index (χ0v) is 12.4. The molecule has 0 aliphatic carbocycles. The quantitative estimate of drug-likeness (QED) is 0.406. The normalized spacial score (nSPS) is 18.5. The summed E-state index contributed by atoms with van der Waals surface area (Å²) in [6.07, 6.45) is 2.75. The Morgan fingerprint density at radius 1 is 1.64 bits per heavy atom. The largest absolute Gasteiger partial charge is 0.474 e. The van der Waals surface area contributed by atoms with Crippen LogP contribution >= 0.6 is 0 Å². The molecular formula is C14H20FN5O2. The maximum absolute atomic E-state index is 13.3. The third-order valence-corrected chi connectivity index (χ3v) is 3.19. The number of nitrogens with one attached hydrogen (secondary N) is 3. The van der Waals surface area contributed by atoms with E-state index in [0.29, 0.717) is 25.5 Å². The highest BCUT2D eigenvalue weighted by Gasteiger charge is 2.18. The molecule has 0 bridgehead atoms. The van der Waals surface area contributed by atoms with E-state index in [0.717, 1.165) is 6.42 Å². The van der Waals surface area contributed by atoms with Crippen molar-refractivity contribution in [3.05, 3.63) is 24.1 Å². The van der Waals surface area contributed by atoms with Crippen LogP contribution in [0.15, 0.2) is 23.3 Å². The number of rotatable bonds is 5. The first-order chi connectivity index (χ1) is 10.7. The molecule has 7 nitrogen and oxygen atoms in total. The number of amides is 1. The highest BCUT2D eigenvalue weighted by Crippen LogP contribution is 2.10. The number of aromatic nitrogens is 1. The van der Waals surface area contributed by atoms with Gasteiger partial charge in [-0.25, -0.2) is 9.37 Å². The number of hydrogen-bond donors (Lipinski definition) is 3. The van der Waals surface area contributed by atoms with E-state index in [4.69, 9.17) is 4.74 Å². The number of piperidine rings is 1. The molecule has 8 heteroatoms. The fourth-order valence-electron chi connectivity index (χ4n) is 2.04. The van der Waals surface area contributed by atoms with Crippen LogP contribution in [-0.2, 0) is 4.79 Å². The van der Waals surface area contributed by atoms with Gasteiger partial charge in [-0.15, -0.1) is 0 Å². The summed E-state index contributed by atoms with van der Waals surface area (Å²) in [6, 6.07) is 2.96. The summed E-state index contributed by atoms with van der Waals surface area (Å²) in [6.45, 7) is 1.29. The van der Waals surface area contributed by atoms with Crippen LogP contribution in [0.4, 0.5) is 4.39 Å². The minimum Gasteiger partial charge on any atom is -0.474 e. The lowest BCUT2D eigenvalue weighted by molar-refractivity contribution is -0.122. The summed E-state index contributed by atoms with van der Waals surface area (Å²) in [5.74, 6) is 0.197. The molecule has 1 atom stereocenters. The van der Waals surface area contributed by atoms with Crippen LogP contribution in [0.5, 0.6) is 5.88 Å². The summed E-state index contributed by atoms with van der Waals surface area (Å²) in [5.41, 5.74) is 0. The molecule has 1 unspecified atom stereocenters. The van der Waals surface area contributed by atoms with Gasteiger partial charge in [0.15, 0.2) is 11.8 Å². The molecule has 120 valence electrons. The number of nitrogens with zero attached hydrogens (tertiary/aromatic N) is 2. The van der Waals surface area contributed by atoms with Crippen molar-refractivity contribution >= 4 is 11.9 Å². The van der Waals surface area contributed by atoms with Crippen molar-refractivity contribution in [2.45, 2.75) is 18.9 Å². The highest BCUT2D eigenvalue weighted by molar-refractivity contribution is 5.81. The van der Waals surface area contributed by atoms with Gasteiger partial charge in [0.1, 0.15) is 6.61 Å². The van der Waals surface area contributed by atoms with Gasteiger partial charge in [0.05, 0.1) is 6.54 Å². The Morgan fingerprint density at radius 3 is 3.18 bits per heavy atom. The van der Waals surface area contributed by atoms with Crippen LogP contribution in [0.1, 0.15) is 12.8 Å². The van der Waals surface area contributed by atoms with Crippen LogP contribution < -0.4 is 20.7 Å². The number of ether oxygens (including phenoxy) is 1. The lowest BCUT2D eigenvalue weighted by atomic mass is 10.1. The minimum atomic E-state index is -0.483. The van der Waals surface area contributed by atoms with E-state index in [2.05, 4.69) is 25.9 Å². The van der Waals surface area contributed by atoms with E-state index in [1.807, 2.05) is 0 Å². The van der Waals surface area contributed by atoms with Gasteiger partial charge in [0.25, 0.3) is 0 Å². The Kier molecular flexibility index (Phi) is 5.93. The highest BCUT2D eigenvalue weighted by atomic mass is 19.1. The van der Waals surface area contributed by atoms with Gasteiger partial charge in [0.2, 0.25) is 11.8 Å². The molecule has 1 amide bonds. The molecule has 2 rings (SSSR count). The number of guanidine groups is 1. The van der Waals surface area contributed by atoms with Gasteiger partial charge >= 0.3 is 0 Å². The molecule has 3 N–H and O–H groups in total. The number of aliphatic imine (C=N–C) groups is 1. The van der Waals surface area contributed by atoms with Gasteiger partial charge in [0, 0.05) is 32.3 Å². The summed E-state index contributed by atoms with van der Waals surface area (Å²) >= 11 is 0. The fourth-order valence-corrected chi connectivity index (χ4v) is 2.04. The Bertz CT molecular complexity index is 528. The first-order valence-electron chi connectivity index (χ1n) is 7.16. The number of pyridine rings is 1. The van der Waals surface area contributed by atoms with Crippen molar-refractivity contribution < 1.29 is 13.9 Å². The number of carbonyl (C=O) groups excluding carboxylic acids is 1. The zero-order chi connectivity index (χ0) is 15.8. The molecule has 1 saturated heterocycles. The van der Waals surface area contributed by atoms with E-state index in [1.54, 1.807) is 7.05 Å². The van der Waals surface area contributed by atoms with Gasteiger partial charge < -0.3 is 20.7 Å². The average molecular weight is 309 g/mol. The Morgan fingerprint density at radius 2 is 2.50 bits per heavy atom. The van der Waals surface area contributed by atoms with Crippen molar-refractivity contribution in [1.82, 2.24) is 20.9 Å². The van der Waals surface area contributed by atoms with E-state index < -0.39 is 5.82 Å². The van der Waals surface area contributed by atoms with Crippen LogP contribution in [0, 0.1) is 5.82 Å². The van der Waals surface area contributed by atoms with Crippen LogP contribution in [-0.4, -0.2) is 49.6 Å². The van der Waals surface area contributed by atoms with E-state index in [9.17, 15) is 9.18 Å². The molecule has 0 aromatic carbocycles. The number of hydrogen-bond acceptors (Lipinski definition) is 4. The maximum Gasteiger partial charge on any atom is 0.250 e. The second-order valence-corrected chi connectivity index (χ2v) is 4.82. The van der Waals surface area contributed by atoms with Crippen molar-refractivity contribution in [1.29, 1.82) is 0 Å². The molecule has 0 spiro atoms. The smallest absolute Gasteiger partial charge is 0.250 e. The van der Waals surface area contributed by atoms with E-state index in [1.165, 1.54) is 18.3 Å². The lowest BCUT2D eigenvalue weighted by Gasteiger charge is -2.25. The van der Waals surface area contributed by atoms with Gasteiger partial charge in [-0.2, -0.15) is 0 Å². The second-order valence-electron chi connectivity index (χ2n) is 4.82. The zero-order valence-electron chi connectivity index (χ0n) is 12.4. The van der Waals surface area contributed by atoms with Crippen LogP contribution in [0.3, 0.4) is 0 Å². The first kappa shape index (κ1) is 16.0. The predicted molar refractivity (Wildman–Crippen MR) is 80.2 cm³/mol. The van der Waals surface area contributed by atoms with Gasteiger partial charge in [-0.05, 0) is 18.6 Å². The Hall–Kier alpha value is -2.38. The summed E-state index contributed by atoms with van der Waals surface area (Å²) in [4.78, 5) is 19.0. The molecule has 22 heavy (non-hydrogen) atoms. The van der Waals surface area contributed by atoms with Crippen molar-refractivity contribution in [2.24, 2.45) is 4.99 Å². The topological polar surface area (TPSA) is 87.6 Å². The third-order valence-electron chi connectivity index (χ3n) is 3.19. The van der Waals surface area contributed by atoms with Gasteiger partial charge in [-0.1, -0.05) is 0 Å². The van der Waals surface area contributed by atoms with Crippen molar-refractivity contribution in [3.63, 3.8) is 0 Å². The second kappa shape index (κ2) is 8.16. The number of carbonyl (C=O) groups is 1. The first-order valence-corrected chi connectivity index (χ1v) is 7.16. The summed E-state index contributed by atoms with van der Waals surface area (Å²) in [5, 5.41) is 9.08. The minimum absolute atomic E-state index is 0.0118. The average Bonchev–Trinajstić information content (AvgIpc) is 2.54. The monoisotopic (exact) mass is 309 g/mol. The maximum atomic E-state index is 13.3. The molecule has 1 aliphatic heterocycles. The molecule has 1 aromatic heterocycles. The fraction of sp³-hybridized carbons (Fsp3) is 0.500. The Balaban J connectivity index is 1.68. The lowest BCUT2D eigenvalue weighted by Crippen LogP contribution is -2.51. The van der Waals surface area contributed by atoms with Crippen LogP contribution in [0.25, 0.3) is 0 Å². The molecule has 1 aliphatic rings. The molecule has 1 aromatic rings. The van der Waals surface area contributed by atoms with Crippen LogP contribution in [0.2, 0.25) is 0 Å². The SMILES string of the molecule is CN=C(NCCOc1ncccc1F)NC1CCC(=O)NC1. The molecular weight excluding hydrogens is 289 g/mol. The summed E-state index contributed by atoms with van der Waals surface area (Å²) < 4.78 is 18.6. The molecule has 1 fully saturated rings. The standard InChI is InChI=1S/C14H20FN5O2/c1-16-14(20-10-4-5-12(21)19-9-10)18-7-8-22-13-11(15)3-2-6-17-13/h2-3,6,10H,4-5,7-9H2,1H3,(H,19,21)(H2,16,18,20). The predicted octanol–water partition coefficient (Wildman–Crippen LogP) is 0.0431. The van der Waals surface area contributed by atoms with Crippen molar-refractivity contribution in [2.75, 3.05) is 26.7 Å². The summed E-state index contributed by atoms with van der Waals surface area (Å²) in [7, 11) is 1.66. The molecule has 2 heterocycles. The third kappa shape index (κ3) is 4.87. The molecule has 0 saturated carbocycles. The number of halogens is 1. The van der Waals surface area contributed by atoms with Crippen molar-refractivity contribution in [3.8, 4) is 5.88 Å². The van der Waals surface area contributed by atoms with E-state index >= 15 is 0 Å². The van der Waals surface area contributed by atoms with Gasteiger partial charge in [-0.3, -0.25) is 9.79 Å².